The van der Waals surface area contributed by atoms with E-state index in [1.807, 2.05) is 82.3 Å². The third kappa shape index (κ3) is 5.17. The van der Waals surface area contributed by atoms with Gasteiger partial charge in [0, 0.05) is 23.0 Å². The number of primary amides is 1. The number of thiazole rings is 1. The number of nitrogens with one attached hydrogen (secondary N) is 1. The minimum absolute atomic E-state index is 0.107. The number of aromatic nitrogens is 1. The van der Waals surface area contributed by atoms with Crippen LogP contribution in [0.25, 0.3) is 32.7 Å². The second-order valence-corrected chi connectivity index (χ2v) is 9.26. The number of hydrogen-bond acceptors (Lipinski definition) is 6. The number of para-hydroxylation sites is 1. The van der Waals surface area contributed by atoms with E-state index in [1.54, 1.807) is 23.8 Å². The molecule has 1 unspecified atom stereocenters. The molecule has 0 bridgehead atoms. The summed E-state index contributed by atoms with van der Waals surface area (Å²) in [6.45, 7) is 7.91. The summed E-state index contributed by atoms with van der Waals surface area (Å²) in [7, 11) is 0. The lowest BCUT2D eigenvalue weighted by molar-refractivity contribution is 0.100. The van der Waals surface area contributed by atoms with Gasteiger partial charge in [0.2, 0.25) is 5.43 Å². The monoisotopic (exact) mass is 511 g/mol. The number of hydrogen-bond donors (Lipinski definition) is 2. The van der Waals surface area contributed by atoms with Gasteiger partial charge in [-0.2, -0.15) is 0 Å². The molecular weight excluding hydrogens is 482 g/mol. The van der Waals surface area contributed by atoms with Crippen LogP contribution in [0.4, 0.5) is 5.69 Å². The minimum atomic E-state index is -0.513. The van der Waals surface area contributed by atoms with Crippen molar-refractivity contribution < 1.29 is 9.21 Å². The lowest BCUT2D eigenvalue weighted by Gasteiger charge is -2.20. The zero-order valence-electron chi connectivity index (χ0n) is 21.2. The maximum atomic E-state index is 13.9. The Morgan fingerprint density at radius 2 is 1.76 bits per heavy atom. The molecule has 6 nitrogen and oxygen atoms in total. The van der Waals surface area contributed by atoms with Crippen LogP contribution in [0.1, 0.15) is 48.3 Å². The molecule has 5 aromatic rings. The van der Waals surface area contributed by atoms with Crippen LogP contribution < -0.4 is 16.5 Å². The quantitative estimate of drug-likeness (QED) is 0.251. The number of anilines is 1. The third-order valence-corrected chi connectivity index (χ3v) is 6.70. The van der Waals surface area contributed by atoms with E-state index in [-0.39, 0.29) is 11.5 Å². The number of rotatable bonds is 6. The highest BCUT2D eigenvalue weighted by molar-refractivity contribution is 7.13. The number of aryl methyl sites for hydroxylation is 1. The van der Waals surface area contributed by atoms with Crippen molar-refractivity contribution in [3.05, 3.63) is 105 Å². The zero-order chi connectivity index (χ0) is 26.5. The highest BCUT2D eigenvalue weighted by Crippen LogP contribution is 2.37. The first-order valence-corrected chi connectivity index (χ1v) is 13.0. The van der Waals surface area contributed by atoms with Crippen molar-refractivity contribution in [2.45, 2.75) is 33.7 Å². The molecule has 0 aliphatic heterocycles. The average molecular weight is 512 g/mol. The second kappa shape index (κ2) is 11.2. The summed E-state index contributed by atoms with van der Waals surface area (Å²) in [5, 5.41) is 3.88. The Morgan fingerprint density at radius 1 is 1.05 bits per heavy atom. The Balaban J connectivity index is 0.00000156. The lowest BCUT2D eigenvalue weighted by Crippen LogP contribution is -2.16. The molecule has 2 aromatic heterocycles. The van der Waals surface area contributed by atoms with Gasteiger partial charge in [-0.1, -0.05) is 62.4 Å². The number of carbonyl (C=O) groups excluding carboxylic acids is 1. The van der Waals surface area contributed by atoms with Crippen molar-refractivity contribution >= 4 is 33.9 Å². The van der Waals surface area contributed by atoms with E-state index >= 15 is 0 Å². The summed E-state index contributed by atoms with van der Waals surface area (Å²) in [5.74, 6) is -0.0105. The van der Waals surface area contributed by atoms with E-state index in [0.717, 1.165) is 21.6 Å². The number of carbonyl (C=O) groups is 1. The Bertz CT molecular complexity index is 1590. The third-order valence-electron chi connectivity index (χ3n) is 5.91. The molecule has 1 atom stereocenters. The summed E-state index contributed by atoms with van der Waals surface area (Å²) < 4.78 is 6.55. The number of nitrogens with two attached hydrogens (primary N) is 1. The fraction of sp³-hybridized carbons (Fsp3) is 0.167. The van der Waals surface area contributed by atoms with Crippen molar-refractivity contribution in [3.8, 4) is 21.8 Å². The fourth-order valence-corrected chi connectivity index (χ4v) is 4.95. The first-order valence-electron chi connectivity index (χ1n) is 12.1. The topological polar surface area (TPSA) is 98.2 Å². The zero-order valence-corrected chi connectivity index (χ0v) is 22.1. The molecule has 7 heteroatoms. The number of benzene rings is 3. The number of nitrogens with zero attached hydrogens (tertiary/aromatic N) is 1. The summed E-state index contributed by atoms with van der Waals surface area (Å²) in [6.07, 6.45) is 1.69. The SMILES string of the molecule is CC.Cc1cc(C(C)Nc2ccccc2C(N)=O)c2oc(-c3ccccc3)c(-c3cncs3)c(=O)c2c1. The van der Waals surface area contributed by atoms with Gasteiger partial charge >= 0.3 is 0 Å². The molecule has 3 aromatic carbocycles. The van der Waals surface area contributed by atoms with Gasteiger partial charge < -0.3 is 15.5 Å². The van der Waals surface area contributed by atoms with Crippen molar-refractivity contribution in [1.29, 1.82) is 0 Å². The first-order chi connectivity index (χ1) is 17.9. The van der Waals surface area contributed by atoms with Crippen LogP contribution in [-0.2, 0) is 0 Å². The average Bonchev–Trinajstić information content (AvgIpc) is 3.45. The van der Waals surface area contributed by atoms with Crippen LogP contribution >= 0.6 is 11.3 Å². The molecule has 0 spiro atoms. The van der Waals surface area contributed by atoms with Crippen LogP contribution in [-0.4, -0.2) is 10.9 Å². The Kier molecular flexibility index (Phi) is 7.84. The molecule has 188 valence electrons. The highest BCUT2D eigenvalue weighted by Gasteiger charge is 2.23. The highest BCUT2D eigenvalue weighted by atomic mass is 32.1. The van der Waals surface area contributed by atoms with Gasteiger partial charge in [-0.25, -0.2) is 0 Å². The molecule has 0 fully saturated rings. The number of amides is 1. The Hall–Kier alpha value is -4.23. The molecule has 0 radical (unpaired) electrons. The van der Waals surface area contributed by atoms with Crippen LogP contribution in [0.15, 0.2) is 87.6 Å². The summed E-state index contributed by atoms with van der Waals surface area (Å²) in [6, 6.07) is 20.3. The summed E-state index contributed by atoms with van der Waals surface area (Å²) in [4.78, 5) is 30.7. The molecule has 1 amide bonds. The van der Waals surface area contributed by atoms with Gasteiger partial charge in [0.05, 0.1) is 32.9 Å². The Morgan fingerprint density at radius 3 is 2.43 bits per heavy atom. The van der Waals surface area contributed by atoms with Crippen molar-refractivity contribution in [3.63, 3.8) is 0 Å². The predicted molar refractivity (Wildman–Crippen MR) is 152 cm³/mol. The van der Waals surface area contributed by atoms with Gasteiger partial charge in [0.1, 0.15) is 11.3 Å². The minimum Gasteiger partial charge on any atom is -0.455 e. The van der Waals surface area contributed by atoms with Gasteiger partial charge in [-0.3, -0.25) is 14.6 Å². The van der Waals surface area contributed by atoms with E-state index in [2.05, 4.69) is 10.3 Å². The van der Waals surface area contributed by atoms with Gasteiger partial charge in [0.15, 0.2) is 0 Å². The van der Waals surface area contributed by atoms with Crippen LogP contribution in [0, 0.1) is 6.92 Å². The van der Waals surface area contributed by atoms with Crippen molar-refractivity contribution in [2.75, 3.05) is 5.32 Å². The van der Waals surface area contributed by atoms with Crippen LogP contribution in [0.5, 0.6) is 0 Å². The molecule has 2 heterocycles. The van der Waals surface area contributed by atoms with Crippen LogP contribution in [0.3, 0.4) is 0 Å². The van der Waals surface area contributed by atoms with Crippen molar-refractivity contribution in [2.24, 2.45) is 5.73 Å². The lowest BCUT2D eigenvalue weighted by atomic mass is 9.97. The molecule has 0 saturated carbocycles. The Labute approximate surface area is 219 Å². The molecule has 3 N–H and O–H groups in total. The maximum Gasteiger partial charge on any atom is 0.250 e. The molecule has 0 aliphatic rings. The van der Waals surface area contributed by atoms with Crippen molar-refractivity contribution in [1.82, 2.24) is 4.98 Å². The van der Waals surface area contributed by atoms with Gasteiger partial charge in [-0.05, 0) is 37.6 Å². The van der Waals surface area contributed by atoms with E-state index < -0.39 is 5.91 Å². The largest absolute Gasteiger partial charge is 0.455 e. The maximum absolute atomic E-state index is 13.9. The molecular formula is C30H29N3O3S. The van der Waals surface area contributed by atoms with Gasteiger partial charge in [0.25, 0.3) is 5.91 Å². The molecule has 37 heavy (non-hydrogen) atoms. The number of fused-ring (bicyclic) bond motifs is 1. The fourth-order valence-electron chi connectivity index (χ4n) is 4.29. The smallest absolute Gasteiger partial charge is 0.250 e. The normalized spacial score (nSPS) is 11.5. The van der Waals surface area contributed by atoms with E-state index in [4.69, 9.17) is 10.2 Å². The molecule has 0 saturated heterocycles. The molecule has 0 aliphatic carbocycles. The second-order valence-electron chi connectivity index (χ2n) is 8.37. The summed E-state index contributed by atoms with van der Waals surface area (Å²) >= 11 is 1.40. The van der Waals surface area contributed by atoms with E-state index in [9.17, 15) is 9.59 Å². The van der Waals surface area contributed by atoms with E-state index in [0.29, 0.717) is 33.5 Å². The summed E-state index contributed by atoms with van der Waals surface area (Å²) in [5.41, 5.74) is 11.7. The molecule has 5 rings (SSSR count). The first kappa shape index (κ1) is 25.9. The predicted octanol–water partition coefficient (Wildman–Crippen LogP) is 7.19. The standard InChI is InChI=1S/C28H23N3O3S.C2H6/c1-16-12-20(17(2)31-22-11-7-6-10-19(22)28(29)33)27-21(13-16)25(32)24(23-14-30-15-35-23)26(34-27)18-8-4-3-5-9-18;1-2/h3-15,17,31H,1-2H3,(H2,29,33);1-2H3. The van der Waals surface area contributed by atoms with Crippen LogP contribution in [0.2, 0.25) is 0 Å². The van der Waals surface area contributed by atoms with E-state index in [1.165, 1.54) is 11.3 Å². The van der Waals surface area contributed by atoms with Gasteiger partial charge in [-0.15, -0.1) is 11.3 Å².